The molecule has 0 aliphatic heterocycles. The van der Waals surface area contributed by atoms with Gasteiger partial charge in [-0.3, -0.25) is 28.1 Å². The summed E-state index contributed by atoms with van der Waals surface area (Å²) in [6.07, 6.45) is 0. The summed E-state index contributed by atoms with van der Waals surface area (Å²) in [6.45, 7) is 3.69. The minimum absolute atomic E-state index is 0.00383. The average molecular weight is 1010 g/mol. The SMILES string of the molecule is Cc1nn(C)c2c1c1oc(=O)c(Br)c(O)c1c(=O)n2Cc1ccc(F)cc1.Cc1nn(C)c2c1c1oc(=O)c(Sc3ccccc3)c(O)c1c(=O)n2Cc1ccc(F)cc1.Sc1ccccc1. The third kappa shape index (κ3) is 9.04. The summed E-state index contributed by atoms with van der Waals surface area (Å²) < 4.78 is 43.2. The van der Waals surface area contributed by atoms with Crippen molar-refractivity contribution >= 4 is 84.3 Å². The lowest BCUT2D eigenvalue weighted by Crippen LogP contribution is -2.24. The Balaban J connectivity index is 0.000000161. The first kappa shape index (κ1) is 46.3. The fourth-order valence-electron chi connectivity index (χ4n) is 7.63. The van der Waals surface area contributed by atoms with Crippen molar-refractivity contribution in [2.75, 3.05) is 0 Å². The largest absolute Gasteiger partial charge is 0.506 e. The molecule has 0 unspecified atom stereocenters. The van der Waals surface area contributed by atoms with E-state index in [0.717, 1.165) is 16.7 Å². The number of rotatable bonds is 6. The Kier molecular flexibility index (Phi) is 13.1. The molecule has 10 aromatic rings. The highest BCUT2D eigenvalue weighted by molar-refractivity contribution is 9.10. The van der Waals surface area contributed by atoms with Crippen molar-refractivity contribution in [1.29, 1.82) is 0 Å². The molecule has 0 spiro atoms. The molecular formula is C48H37BrF2N6O8S2. The molecule has 0 amide bonds. The Morgan fingerprint density at radius 3 is 1.46 bits per heavy atom. The van der Waals surface area contributed by atoms with Crippen LogP contribution in [0.1, 0.15) is 22.5 Å². The first-order chi connectivity index (χ1) is 32.0. The molecule has 0 aliphatic rings. The van der Waals surface area contributed by atoms with Gasteiger partial charge in [0, 0.05) is 23.9 Å². The highest BCUT2D eigenvalue weighted by Crippen LogP contribution is 2.38. The molecule has 0 aliphatic carbocycles. The van der Waals surface area contributed by atoms with Gasteiger partial charge in [-0.15, -0.1) is 12.6 Å². The molecule has 6 aromatic heterocycles. The van der Waals surface area contributed by atoms with E-state index in [-0.39, 0.29) is 56.0 Å². The van der Waals surface area contributed by atoms with Gasteiger partial charge in [0.15, 0.2) is 22.7 Å². The Hall–Kier alpha value is -7.22. The summed E-state index contributed by atoms with van der Waals surface area (Å²) in [6, 6.07) is 30.4. The number of aryl methyl sites for hydroxylation is 4. The molecule has 0 bridgehead atoms. The summed E-state index contributed by atoms with van der Waals surface area (Å²) in [4.78, 5) is 53.3. The van der Waals surface area contributed by atoms with Crippen LogP contribution in [0.3, 0.4) is 0 Å². The lowest BCUT2D eigenvalue weighted by atomic mass is 10.1. The van der Waals surface area contributed by atoms with Crippen molar-refractivity contribution in [2.24, 2.45) is 14.1 Å². The van der Waals surface area contributed by atoms with Crippen LogP contribution in [-0.4, -0.2) is 38.9 Å². The number of benzene rings is 4. The van der Waals surface area contributed by atoms with Gasteiger partial charge in [0.05, 0.1) is 35.2 Å². The van der Waals surface area contributed by atoms with Crippen molar-refractivity contribution in [3.05, 3.63) is 189 Å². The molecule has 67 heavy (non-hydrogen) atoms. The first-order valence-electron chi connectivity index (χ1n) is 20.2. The van der Waals surface area contributed by atoms with Gasteiger partial charge in [0.25, 0.3) is 11.1 Å². The van der Waals surface area contributed by atoms with E-state index in [2.05, 4.69) is 38.8 Å². The maximum absolute atomic E-state index is 13.6. The average Bonchev–Trinajstić information content (AvgIpc) is 3.78. The van der Waals surface area contributed by atoms with Crippen LogP contribution >= 0.6 is 40.3 Å². The summed E-state index contributed by atoms with van der Waals surface area (Å²) in [5.74, 6) is -1.68. The minimum Gasteiger partial charge on any atom is -0.506 e. The van der Waals surface area contributed by atoms with Crippen molar-refractivity contribution in [3.63, 3.8) is 0 Å². The molecule has 340 valence electrons. The highest BCUT2D eigenvalue weighted by atomic mass is 79.9. The molecule has 0 fully saturated rings. The van der Waals surface area contributed by atoms with Crippen LogP contribution in [0.15, 0.2) is 156 Å². The molecule has 0 saturated heterocycles. The first-order valence-corrected chi connectivity index (χ1v) is 22.2. The van der Waals surface area contributed by atoms with Crippen molar-refractivity contribution in [2.45, 2.75) is 41.6 Å². The molecular weight excluding hydrogens is 971 g/mol. The quantitative estimate of drug-likeness (QED) is 0.135. The molecule has 0 atom stereocenters. The minimum atomic E-state index is -0.791. The zero-order valence-corrected chi connectivity index (χ0v) is 39.1. The number of thiol groups is 1. The Morgan fingerprint density at radius 2 is 1.03 bits per heavy atom. The van der Waals surface area contributed by atoms with Crippen molar-refractivity contribution < 1.29 is 27.8 Å². The Labute approximate surface area is 395 Å². The van der Waals surface area contributed by atoms with E-state index in [4.69, 9.17) is 8.83 Å². The van der Waals surface area contributed by atoms with Gasteiger partial charge in [-0.25, -0.2) is 18.4 Å². The summed E-state index contributed by atoms with van der Waals surface area (Å²) >= 11 is 8.06. The van der Waals surface area contributed by atoms with Crippen LogP contribution in [-0.2, 0) is 27.2 Å². The molecule has 14 nitrogen and oxygen atoms in total. The fourth-order valence-corrected chi connectivity index (χ4v) is 8.93. The van der Waals surface area contributed by atoms with E-state index in [1.165, 1.54) is 42.8 Å². The molecule has 19 heteroatoms. The topological polar surface area (TPSA) is 181 Å². The van der Waals surface area contributed by atoms with Crippen LogP contribution in [0.4, 0.5) is 8.78 Å². The van der Waals surface area contributed by atoms with Gasteiger partial charge in [-0.05, 0) is 89.4 Å². The van der Waals surface area contributed by atoms with Crippen molar-refractivity contribution in [1.82, 2.24) is 28.7 Å². The highest BCUT2D eigenvalue weighted by Gasteiger charge is 2.27. The number of fused-ring (bicyclic) bond motifs is 6. The second-order valence-corrected chi connectivity index (χ2v) is 17.5. The second kappa shape index (κ2) is 18.9. The van der Waals surface area contributed by atoms with E-state index in [9.17, 15) is 38.2 Å². The number of pyridine rings is 2. The predicted octanol–water partition coefficient (Wildman–Crippen LogP) is 8.97. The predicted molar refractivity (Wildman–Crippen MR) is 258 cm³/mol. The van der Waals surface area contributed by atoms with Gasteiger partial charge in [0.2, 0.25) is 0 Å². The van der Waals surface area contributed by atoms with E-state index in [0.29, 0.717) is 49.5 Å². The van der Waals surface area contributed by atoms with Gasteiger partial charge < -0.3 is 19.0 Å². The zero-order valence-electron chi connectivity index (χ0n) is 35.8. The molecule has 4 aromatic carbocycles. The summed E-state index contributed by atoms with van der Waals surface area (Å²) in [5.41, 5.74) is 0.674. The van der Waals surface area contributed by atoms with E-state index in [1.54, 1.807) is 76.5 Å². The smallest absolute Gasteiger partial charge is 0.354 e. The maximum Gasteiger partial charge on any atom is 0.354 e. The van der Waals surface area contributed by atoms with Gasteiger partial charge in [0.1, 0.15) is 43.1 Å². The van der Waals surface area contributed by atoms with Crippen molar-refractivity contribution in [3.8, 4) is 11.5 Å². The van der Waals surface area contributed by atoms with Gasteiger partial charge in [-0.2, -0.15) is 10.2 Å². The molecule has 6 heterocycles. The number of aromatic nitrogens is 6. The Bertz CT molecular complexity index is 3760. The third-order valence-corrected chi connectivity index (χ3v) is 12.7. The fraction of sp³-hybridized carbons (Fsp3) is 0.125. The maximum atomic E-state index is 13.6. The molecule has 10 rings (SSSR count). The van der Waals surface area contributed by atoms with Crippen LogP contribution in [0, 0.1) is 25.5 Å². The number of hydrogen-bond donors (Lipinski definition) is 3. The number of aromatic hydroxyl groups is 2. The lowest BCUT2D eigenvalue weighted by molar-refractivity contribution is 0.446. The zero-order chi connectivity index (χ0) is 47.8. The van der Waals surface area contributed by atoms with Crippen LogP contribution in [0.25, 0.3) is 44.0 Å². The monoisotopic (exact) mass is 1010 g/mol. The van der Waals surface area contributed by atoms with Gasteiger partial charge in [-0.1, -0.05) is 72.4 Å². The molecule has 2 N–H and O–H groups in total. The van der Waals surface area contributed by atoms with Gasteiger partial charge >= 0.3 is 11.3 Å². The standard InChI is InChI=1S/C24H18FN3O4S.C18H13BrFN3O4.C6H6S/c1-13-17-20-18(19(29)21(24(31)32-20)33-16-6-4-3-5-7-16)23(30)28(22(17)27(2)26-13)12-14-8-10-15(25)11-9-14;1-8-11-15-12(14(24)13(19)18(26)27-15)17(25)23(16(11)22(2)21-8)7-9-3-5-10(20)6-4-9;7-6-4-2-1-3-5-6/h3-11,29H,12H2,1-2H3;3-6,24H,7H2,1-2H3;1-5,7H. The summed E-state index contributed by atoms with van der Waals surface area (Å²) in [7, 11) is 3.35. The summed E-state index contributed by atoms with van der Waals surface area (Å²) in [5, 5.41) is 30.9. The lowest BCUT2D eigenvalue weighted by Gasteiger charge is -2.13. The molecule has 0 saturated carbocycles. The van der Waals surface area contributed by atoms with E-state index < -0.39 is 33.9 Å². The second-order valence-electron chi connectivity index (χ2n) is 15.1. The third-order valence-electron chi connectivity index (χ3n) is 10.6. The Morgan fingerprint density at radius 1 is 0.612 bits per heavy atom. The normalized spacial score (nSPS) is 11.2. The van der Waals surface area contributed by atoms with Crippen LogP contribution < -0.4 is 22.4 Å². The number of nitrogens with zero attached hydrogens (tertiary/aromatic N) is 6. The van der Waals surface area contributed by atoms with E-state index in [1.807, 2.05) is 36.4 Å². The van der Waals surface area contributed by atoms with E-state index >= 15 is 0 Å². The van der Waals surface area contributed by atoms with Crippen LogP contribution in [0.5, 0.6) is 11.5 Å². The number of hydrogen-bond acceptors (Lipinski definition) is 12. The molecule has 0 radical (unpaired) electrons. The number of halogens is 3. The van der Waals surface area contributed by atoms with Crippen LogP contribution in [0.2, 0.25) is 0 Å².